The van der Waals surface area contributed by atoms with Crippen molar-refractivity contribution in [1.82, 2.24) is 0 Å². The van der Waals surface area contributed by atoms with E-state index in [1.165, 1.54) is 44.4 Å². The molecule has 132 valence electrons. The zero-order valence-corrected chi connectivity index (χ0v) is 14.9. The maximum absolute atomic E-state index is 13.8. The zero-order valence-electron chi connectivity index (χ0n) is 13.3. The van der Waals surface area contributed by atoms with E-state index in [9.17, 15) is 19.3 Å². The third kappa shape index (κ3) is 4.66. The Morgan fingerprint density at radius 1 is 1.28 bits per heavy atom. The Kier molecular flexibility index (Phi) is 5.92. The molecule has 0 heterocycles. The number of amides is 1. The number of carbonyl (C=O) groups excluding carboxylic acids is 1. The van der Waals surface area contributed by atoms with Gasteiger partial charge < -0.3 is 14.8 Å². The summed E-state index contributed by atoms with van der Waals surface area (Å²) in [5, 5.41) is 13.3. The van der Waals surface area contributed by atoms with Crippen molar-refractivity contribution in [3.8, 4) is 11.5 Å². The number of halogens is 2. The predicted octanol–water partition coefficient (Wildman–Crippen LogP) is 3.91. The molecule has 0 aliphatic heterocycles. The number of non-ortho nitro benzene ring substituents is 1. The third-order valence-corrected chi connectivity index (χ3v) is 3.71. The molecule has 1 unspecified atom stereocenters. The normalized spacial score (nSPS) is 11.5. The van der Waals surface area contributed by atoms with Gasteiger partial charge in [-0.2, -0.15) is 0 Å². The molecular formula is C16H14BrFN2O5. The van der Waals surface area contributed by atoms with Crippen molar-refractivity contribution in [3.05, 3.63) is 56.8 Å². The molecule has 0 radical (unpaired) electrons. The number of rotatable bonds is 6. The molecule has 2 aromatic carbocycles. The van der Waals surface area contributed by atoms with E-state index in [4.69, 9.17) is 9.47 Å². The topological polar surface area (TPSA) is 90.7 Å². The fraction of sp³-hybridized carbons (Fsp3) is 0.188. The molecule has 25 heavy (non-hydrogen) atoms. The minimum Gasteiger partial charge on any atom is -0.495 e. The summed E-state index contributed by atoms with van der Waals surface area (Å²) in [6.45, 7) is 1.43. The smallest absolute Gasteiger partial charge is 0.271 e. The first-order valence-electron chi connectivity index (χ1n) is 7.07. The molecule has 0 aliphatic carbocycles. The van der Waals surface area contributed by atoms with E-state index in [2.05, 4.69) is 21.2 Å². The van der Waals surface area contributed by atoms with Crippen molar-refractivity contribution in [2.45, 2.75) is 13.0 Å². The number of nitro benzene ring substituents is 1. The molecule has 0 aliphatic rings. The van der Waals surface area contributed by atoms with Crippen LogP contribution in [0.25, 0.3) is 0 Å². The molecule has 0 saturated heterocycles. The largest absolute Gasteiger partial charge is 0.495 e. The summed E-state index contributed by atoms with van der Waals surface area (Å²) in [7, 11) is 1.37. The fourth-order valence-electron chi connectivity index (χ4n) is 1.96. The summed E-state index contributed by atoms with van der Waals surface area (Å²) in [4.78, 5) is 22.5. The second-order valence-corrected chi connectivity index (χ2v) is 5.88. The Balaban J connectivity index is 2.15. The Morgan fingerprint density at radius 3 is 2.56 bits per heavy atom. The van der Waals surface area contributed by atoms with Gasteiger partial charge in [-0.3, -0.25) is 14.9 Å². The number of methoxy groups -OCH3 is 1. The summed E-state index contributed by atoms with van der Waals surface area (Å²) in [6, 6.07) is 7.97. The van der Waals surface area contributed by atoms with Crippen LogP contribution in [-0.2, 0) is 4.79 Å². The van der Waals surface area contributed by atoms with Gasteiger partial charge in [0.25, 0.3) is 11.6 Å². The number of anilines is 1. The lowest BCUT2D eigenvalue weighted by Crippen LogP contribution is -2.30. The quantitative estimate of drug-likeness (QED) is 0.573. The van der Waals surface area contributed by atoms with E-state index in [0.29, 0.717) is 4.47 Å². The second kappa shape index (κ2) is 7.93. The van der Waals surface area contributed by atoms with Crippen LogP contribution in [0.15, 0.2) is 40.9 Å². The second-order valence-electron chi connectivity index (χ2n) is 4.97. The number of ether oxygens (including phenoxy) is 2. The lowest BCUT2D eigenvalue weighted by Gasteiger charge is -2.16. The van der Waals surface area contributed by atoms with Crippen molar-refractivity contribution < 1.29 is 23.6 Å². The Morgan fingerprint density at radius 2 is 1.96 bits per heavy atom. The van der Waals surface area contributed by atoms with Gasteiger partial charge in [-0.25, -0.2) is 4.39 Å². The standard InChI is InChI=1S/C16H14BrFN2O5/c1-9(25-14-5-3-10(17)7-12(14)18)16(21)19-13-8-11(20(22)23)4-6-15(13)24-2/h3-9H,1-2H3,(H,19,21). The third-order valence-electron chi connectivity index (χ3n) is 3.22. The van der Waals surface area contributed by atoms with Crippen molar-refractivity contribution >= 4 is 33.2 Å². The van der Waals surface area contributed by atoms with E-state index in [-0.39, 0.29) is 22.9 Å². The van der Waals surface area contributed by atoms with Crippen LogP contribution in [-0.4, -0.2) is 24.0 Å². The Bertz CT molecular complexity index is 815. The molecular weight excluding hydrogens is 399 g/mol. The molecule has 7 nitrogen and oxygen atoms in total. The van der Waals surface area contributed by atoms with Gasteiger partial charge >= 0.3 is 0 Å². The molecule has 1 N–H and O–H groups in total. The van der Waals surface area contributed by atoms with Crippen LogP contribution in [0.4, 0.5) is 15.8 Å². The molecule has 1 amide bonds. The van der Waals surface area contributed by atoms with Crippen LogP contribution in [0.3, 0.4) is 0 Å². The first-order chi connectivity index (χ1) is 11.8. The van der Waals surface area contributed by atoms with Gasteiger partial charge in [-0.05, 0) is 31.2 Å². The van der Waals surface area contributed by atoms with Crippen molar-refractivity contribution in [3.63, 3.8) is 0 Å². The van der Waals surface area contributed by atoms with Crippen LogP contribution in [0, 0.1) is 15.9 Å². The summed E-state index contributed by atoms with van der Waals surface area (Å²) >= 11 is 3.13. The molecule has 2 aromatic rings. The van der Waals surface area contributed by atoms with Gasteiger partial charge in [0.2, 0.25) is 0 Å². The number of hydrogen-bond donors (Lipinski definition) is 1. The molecule has 0 bridgehead atoms. The number of nitro groups is 1. The highest BCUT2D eigenvalue weighted by Crippen LogP contribution is 2.29. The highest BCUT2D eigenvalue weighted by atomic mass is 79.9. The van der Waals surface area contributed by atoms with Crippen LogP contribution in [0.1, 0.15) is 6.92 Å². The average molecular weight is 413 g/mol. The molecule has 0 fully saturated rings. The lowest BCUT2D eigenvalue weighted by molar-refractivity contribution is -0.384. The SMILES string of the molecule is COc1ccc([N+](=O)[O-])cc1NC(=O)C(C)Oc1ccc(Br)cc1F. The number of nitrogens with zero attached hydrogens (tertiary/aromatic N) is 1. The number of nitrogens with one attached hydrogen (secondary N) is 1. The molecule has 1 atom stereocenters. The van der Waals surface area contributed by atoms with Crippen molar-refractivity contribution in [2.24, 2.45) is 0 Å². The zero-order chi connectivity index (χ0) is 18.6. The summed E-state index contributed by atoms with van der Waals surface area (Å²) < 4.78 is 24.7. The highest BCUT2D eigenvalue weighted by molar-refractivity contribution is 9.10. The number of benzene rings is 2. The molecule has 0 saturated carbocycles. The Hall–Kier alpha value is -2.68. The summed E-state index contributed by atoms with van der Waals surface area (Å²) in [5.41, 5.74) is -0.0861. The molecule has 0 aromatic heterocycles. The van der Waals surface area contributed by atoms with E-state index in [1.54, 1.807) is 6.07 Å². The van der Waals surface area contributed by atoms with Crippen LogP contribution in [0.5, 0.6) is 11.5 Å². The lowest BCUT2D eigenvalue weighted by atomic mass is 10.2. The average Bonchev–Trinajstić information content (AvgIpc) is 2.57. The minimum absolute atomic E-state index is 0.0862. The van der Waals surface area contributed by atoms with Gasteiger partial charge in [0.15, 0.2) is 17.7 Å². The summed E-state index contributed by atoms with van der Waals surface area (Å²) in [6.07, 6.45) is -1.04. The van der Waals surface area contributed by atoms with E-state index in [0.717, 1.165) is 0 Å². The predicted molar refractivity (Wildman–Crippen MR) is 92.5 cm³/mol. The fourth-order valence-corrected chi connectivity index (χ4v) is 2.29. The number of carbonyl (C=O) groups is 1. The Labute approximate surface area is 151 Å². The van der Waals surface area contributed by atoms with E-state index < -0.39 is 22.8 Å². The van der Waals surface area contributed by atoms with Gasteiger partial charge in [0.1, 0.15) is 5.75 Å². The summed E-state index contributed by atoms with van der Waals surface area (Å²) in [5.74, 6) is -1.07. The van der Waals surface area contributed by atoms with Gasteiger partial charge in [-0.15, -0.1) is 0 Å². The van der Waals surface area contributed by atoms with Crippen molar-refractivity contribution in [1.29, 1.82) is 0 Å². The van der Waals surface area contributed by atoms with Gasteiger partial charge in [0, 0.05) is 16.6 Å². The maximum Gasteiger partial charge on any atom is 0.271 e. The molecule has 2 rings (SSSR count). The van der Waals surface area contributed by atoms with Gasteiger partial charge in [0.05, 0.1) is 17.7 Å². The van der Waals surface area contributed by atoms with Crippen LogP contribution < -0.4 is 14.8 Å². The van der Waals surface area contributed by atoms with E-state index >= 15 is 0 Å². The highest BCUT2D eigenvalue weighted by Gasteiger charge is 2.20. The molecule has 0 spiro atoms. The van der Waals surface area contributed by atoms with Gasteiger partial charge in [-0.1, -0.05) is 15.9 Å². The number of hydrogen-bond acceptors (Lipinski definition) is 5. The maximum atomic E-state index is 13.8. The van der Waals surface area contributed by atoms with E-state index in [1.807, 2.05) is 0 Å². The minimum atomic E-state index is -1.04. The molecule has 9 heteroatoms. The monoisotopic (exact) mass is 412 g/mol. The van der Waals surface area contributed by atoms with Crippen molar-refractivity contribution in [2.75, 3.05) is 12.4 Å². The first-order valence-corrected chi connectivity index (χ1v) is 7.86. The van der Waals surface area contributed by atoms with Crippen LogP contribution >= 0.6 is 15.9 Å². The van der Waals surface area contributed by atoms with Crippen LogP contribution in [0.2, 0.25) is 0 Å². The first kappa shape index (κ1) is 18.7.